The molecule has 0 heterocycles. The smallest absolute Gasteiger partial charge is 0.269 e. The normalized spacial score (nSPS) is 11.2. The van der Waals surface area contributed by atoms with E-state index in [1.807, 2.05) is 24.3 Å². The SMILES string of the molecule is O=[N+]([O-])c1ccc(CCCCCCCCCCCCCCOCCCCCCCCCCCCCCc2ccc([N+](=O)[O-])cc2)cc1. The van der Waals surface area contributed by atoms with Crippen molar-refractivity contribution < 1.29 is 14.6 Å². The average molecular weight is 653 g/mol. The number of benzene rings is 2. The van der Waals surface area contributed by atoms with E-state index in [1.54, 1.807) is 24.3 Å². The molecule has 0 saturated heterocycles. The van der Waals surface area contributed by atoms with Crippen LogP contribution in [-0.2, 0) is 17.6 Å². The van der Waals surface area contributed by atoms with E-state index in [4.69, 9.17) is 4.74 Å². The van der Waals surface area contributed by atoms with Crippen LogP contribution in [0, 0.1) is 20.2 Å². The number of nitro benzene ring substituents is 2. The number of nitrogens with zero attached hydrogens (tertiary/aromatic N) is 2. The number of aryl methyl sites for hydroxylation is 2. The van der Waals surface area contributed by atoms with E-state index in [0.29, 0.717) is 0 Å². The molecule has 0 aromatic heterocycles. The van der Waals surface area contributed by atoms with Crippen molar-refractivity contribution in [1.82, 2.24) is 0 Å². The highest BCUT2D eigenvalue weighted by molar-refractivity contribution is 5.33. The van der Waals surface area contributed by atoms with Gasteiger partial charge in [0.15, 0.2) is 0 Å². The van der Waals surface area contributed by atoms with Crippen molar-refractivity contribution in [3.63, 3.8) is 0 Å². The van der Waals surface area contributed by atoms with Gasteiger partial charge in [0.2, 0.25) is 0 Å². The number of nitro groups is 2. The largest absolute Gasteiger partial charge is 0.381 e. The molecule has 0 amide bonds. The van der Waals surface area contributed by atoms with E-state index in [-0.39, 0.29) is 21.2 Å². The van der Waals surface area contributed by atoms with E-state index in [1.165, 1.54) is 165 Å². The van der Waals surface area contributed by atoms with Crippen LogP contribution in [0.2, 0.25) is 0 Å². The maximum absolute atomic E-state index is 10.7. The summed E-state index contributed by atoms with van der Waals surface area (Å²) < 4.78 is 5.86. The zero-order chi connectivity index (χ0) is 33.6. The summed E-state index contributed by atoms with van der Waals surface area (Å²) in [7, 11) is 0. The van der Waals surface area contributed by atoms with E-state index >= 15 is 0 Å². The predicted molar refractivity (Wildman–Crippen MR) is 195 cm³/mol. The minimum absolute atomic E-state index is 0.175. The van der Waals surface area contributed by atoms with Crippen molar-refractivity contribution in [2.24, 2.45) is 0 Å². The highest BCUT2D eigenvalue weighted by atomic mass is 16.6. The molecule has 0 spiro atoms. The third-order valence-corrected chi connectivity index (χ3v) is 9.30. The molecule has 0 N–H and O–H groups in total. The van der Waals surface area contributed by atoms with Gasteiger partial charge in [0.1, 0.15) is 0 Å². The Hall–Kier alpha value is -2.80. The van der Waals surface area contributed by atoms with Crippen LogP contribution in [0.4, 0.5) is 11.4 Å². The minimum atomic E-state index is -0.338. The van der Waals surface area contributed by atoms with Gasteiger partial charge in [0.05, 0.1) is 9.85 Å². The first-order valence-corrected chi connectivity index (χ1v) is 19.1. The lowest BCUT2D eigenvalue weighted by Gasteiger charge is -2.06. The highest BCUT2D eigenvalue weighted by Gasteiger charge is 2.05. The highest BCUT2D eigenvalue weighted by Crippen LogP contribution is 2.18. The van der Waals surface area contributed by atoms with Crippen LogP contribution >= 0.6 is 0 Å². The third kappa shape index (κ3) is 22.4. The maximum atomic E-state index is 10.7. The lowest BCUT2D eigenvalue weighted by molar-refractivity contribution is -0.385. The van der Waals surface area contributed by atoms with Crippen molar-refractivity contribution in [2.75, 3.05) is 13.2 Å². The fourth-order valence-corrected chi connectivity index (χ4v) is 6.27. The van der Waals surface area contributed by atoms with Crippen LogP contribution in [0.1, 0.15) is 165 Å². The molecule has 0 aliphatic rings. The third-order valence-electron chi connectivity index (χ3n) is 9.30. The second-order valence-electron chi connectivity index (χ2n) is 13.4. The van der Waals surface area contributed by atoms with Crippen LogP contribution < -0.4 is 0 Å². The van der Waals surface area contributed by atoms with Gasteiger partial charge in [-0.25, -0.2) is 0 Å². The lowest BCUT2D eigenvalue weighted by atomic mass is 10.0. The van der Waals surface area contributed by atoms with Crippen molar-refractivity contribution in [2.45, 2.75) is 167 Å². The quantitative estimate of drug-likeness (QED) is 0.0445. The number of unbranched alkanes of at least 4 members (excludes halogenated alkanes) is 22. The first-order chi connectivity index (χ1) is 23.1. The van der Waals surface area contributed by atoms with E-state index in [2.05, 4.69) is 0 Å². The number of ether oxygens (including phenoxy) is 1. The molecule has 0 unspecified atom stereocenters. The summed E-state index contributed by atoms with van der Waals surface area (Å²) >= 11 is 0. The van der Waals surface area contributed by atoms with Crippen LogP contribution in [0.3, 0.4) is 0 Å². The standard InChI is InChI=1S/C40H64N2O5/c43-41(44)39-31-27-37(28-32-39)25-21-17-13-9-5-1-3-7-11-15-19-23-35-47-36-24-20-16-12-8-4-2-6-10-14-18-22-26-38-29-33-40(34-30-38)42(45)46/h27-34H,1-26,35-36H2. The molecule has 0 radical (unpaired) electrons. The molecule has 0 saturated carbocycles. The number of hydrogen-bond acceptors (Lipinski definition) is 5. The number of rotatable bonds is 32. The average Bonchev–Trinajstić information content (AvgIpc) is 3.08. The van der Waals surface area contributed by atoms with Gasteiger partial charge in [0, 0.05) is 37.5 Å². The van der Waals surface area contributed by atoms with Gasteiger partial charge >= 0.3 is 0 Å². The minimum Gasteiger partial charge on any atom is -0.381 e. The summed E-state index contributed by atoms with van der Waals surface area (Å²) in [6, 6.07) is 14.0. The fraction of sp³-hybridized carbons (Fsp3) is 0.700. The first-order valence-electron chi connectivity index (χ1n) is 19.1. The Morgan fingerprint density at radius 2 is 0.596 bits per heavy atom. The first kappa shape index (κ1) is 40.4. The molecule has 2 aromatic rings. The monoisotopic (exact) mass is 652 g/mol. The molecule has 0 aliphatic carbocycles. The Kier molecular flexibility index (Phi) is 24.3. The molecule has 0 fully saturated rings. The molecule has 2 aromatic carbocycles. The lowest BCUT2D eigenvalue weighted by Crippen LogP contribution is -1.97. The van der Waals surface area contributed by atoms with Gasteiger partial charge in [-0.2, -0.15) is 0 Å². The zero-order valence-electron chi connectivity index (χ0n) is 29.4. The number of non-ortho nitro benzene ring substituents is 2. The zero-order valence-corrected chi connectivity index (χ0v) is 29.4. The van der Waals surface area contributed by atoms with Crippen molar-refractivity contribution in [3.05, 3.63) is 79.9 Å². The van der Waals surface area contributed by atoms with Gasteiger partial charge < -0.3 is 4.74 Å². The molecule has 47 heavy (non-hydrogen) atoms. The number of hydrogen-bond donors (Lipinski definition) is 0. The summed E-state index contributed by atoms with van der Waals surface area (Å²) in [4.78, 5) is 20.8. The van der Waals surface area contributed by atoms with Crippen LogP contribution in [0.25, 0.3) is 0 Å². The molecule has 0 atom stereocenters. The van der Waals surface area contributed by atoms with Crippen LogP contribution in [0.5, 0.6) is 0 Å². The Labute approximate surface area is 285 Å². The summed E-state index contributed by atoms with van der Waals surface area (Å²) in [5, 5.41) is 21.5. The van der Waals surface area contributed by atoms with Crippen LogP contribution in [0.15, 0.2) is 48.5 Å². The molecule has 2 rings (SSSR count). The van der Waals surface area contributed by atoms with E-state index in [9.17, 15) is 20.2 Å². The van der Waals surface area contributed by atoms with E-state index < -0.39 is 0 Å². The van der Waals surface area contributed by atoms with Gasteiger partial charge in [-0.1, -0.05) is 153 Å². The van der Waals surface area contributed by atoms with Gasteiger partial charge in [-0.05, 0) is 49.7 Å². The summed E-state index contributed by atoms with van der Waals surface area (Å²) in [6.45, 7) is 1.86. The van der Waals surface area contributed by atoms with Gasteiger partial charge in [0.25, 0.3) is 11.4 Å². The van der Waals surface area contributed by atoms with Gasteiger partial charge in [-0.3, -0.25) is 20.2 Å². The molecule has 7 heteroatoms. The topological polar surface area (TPSA) is 95.5 Å². The second kappa shape index (κ2) is 28.2. The summed E-state index contributed by atoms with van der Waals surface area (Å²) in [6.07, 6.45) is 33.5. The Morgan fingerprint density at radius 1 is 0.362 bits per heavy atom. The van der Waals surface area contributed by atoms with E-state index in [0.717, 1.165) is 26.1 Å². The molecule has 7 nitrogen and oxygen atoms in total. The van der Waals surface area contributed by atoms with Crippen LogP contribution in [-0.4, -0.2) is 23.1 Å². The molecule has 264 valence electrons. The Balaban J connectivity index is 1.19. The second-order valence-corrected chi connectivity index (χ2v) is 13.4. The summed E-state index contributed by atoms with van der Waals surface area (Å²) in [5.41, 5.74) is 2.75. The van der Waals surface area contributed by atoms with Crippen molar-refractivity contribution in [3.8, 4) is 0 Å². The predicted octanol–water partition coefficient (Wildman–Crippen LogP) is 12.7. The molecule has 0 bridgehead atoms. The Morgan fingerprint density at radius 3 is 0.851 bits per heavy atom. The van der Waals surface area contributed by atoms with Crippen molar-refractivity contribution in [1.29, 1.82) is 0 Å². The molecular formula is C40H64N2O5. The Bertz CT molecular complexity index is 958. The maximum Gasteiger partial charge on any atom is 0.269 e. The molecule has 0 aliphatic heterocycles. The van der Waals surface area contributed by atoms with Crippen molar-refractivity contribution >= 4 is 11.4 Å². The summed E-state index contributed by atoms with van der Waals surface area (Å²) in [5.74, 6) is 0. The fourth-order valence-electron chi connectivity index (χ4n) is 6.27. The van der Waals surface area contributed by atoms with Gasteiger partial charge in [-0.15, -0.1) is 0 Å². The molecular weight excluding hydrogens is 588 g/mol.